The van der Waals surface area contributed by atoms with Crippen LogP contribution in [-0.4, -0.2) is 65.5 Å². The first-order valence-electron chi connectivity index (χ1n) is 11.0. The van der Waals surface area contributed by atoms with Gasteiger partial charge in [0.05, 0.1) is 25.4 Å². The van der Waals surface area contributed by atoms with E-state index in [0.29, 0.717) is 12.4 Å². The molecule has 0 fully saturated rings. The molecule has 2 rings (SSSR count). The first-order valence-corrected chi connectivity index (χ1v) is 11.8. The van der Waals surface area contributed by atoms with E-state index in [4.69, 9.17) is 9.47 Å². The Kier molecular flexibility index (Phi) is 10.8. The predicted octanol–water partition coefficient (Wildman–Crippen LogP) is -0.662. The predicted molar refractivity (Wildman–Crippen MR) is 135 cm³/mol. The molecule has 2 heterocycles. The zero-order chi connectivity index (χ0) is 26.7. The Morgan fingerprint density at radius 1 is 1.31 bits per heavy atom. The number of ether oxygens (including phenoxy) is 2. The smallest absolute Gasteiger partial charge is 0.270 e. The lowest BCUT2D eigenvalue weighted by Gasteiger charge is -2.22. The van der Waals surface area contributed by atoms with Gasteiger partial charge in [0.2, 0.25) is 0 Å². The number of carbonyl (C=O) groups excluding carboxylic acids is 2. The number of rotatable bonds is 12. The second kappa shape index (κ2) is 13.5. The third-order valence-corrected chi connectivity index (χ3v) is 5.79. The molecule has 12 nitrogen and oxygen atoms in total. The monoisotopic (exact) mass is 518 g/mol. The summed E-state index contributed by atoms with van der Waals surface area (Å²) in [6.07, 6.45) is 1.43. The van der Waals surface area contributed by atoms with Crippen LogP contribution in [0.3, 0.4) is 0 Å². The molecule has 0 aromatic carbocycles. The third kappa shape index (κ3) is 7.99. The van der Waals surface area contributed by atoms with Crippen molar-refractivity contribution in [2.75, 3.05) is 44.2 Å². The number of amides is 2. The van der Waals surface area contributed by atoms with Gasteiger partial charge < -0.3 is 30.5 Å². The van der Waals surface area contributed by atoms with Crippen LogP contribution in [0.15, 0.2) is 23.0 Å². The Labute approximate surface area is 211 Å². The highest BCUT2D eigenvalue weighted by molar-refractivity contribution is 7.07. The summed E-state index contributed by atoms with van der Waals surface area (Å²) in [6, 6.07) is 6.79. The highest BCUT2D eigenvalue weighted by Crippen LogP contribution is 2.09. The van der Waals surface area contributed by atoms with Crippen LogP contribution in [0.5, 0.6) is 0 Å². The molecule has 36 heavy (non-hydrogen) atoms. The van der Waals surface area contributed by atoms with Gasteiger partial charge in [-0.05, 0) is 32.9 Å². The molecular weight excluding hydrogens is 488 g/mol. The van der Waals surface area contributed by atoms with Crippen molar-refractivity contribution in [3.63, 3.8) is 0 Å². The number of aliphatic hydroxyl groups excluding tert-OH is 1. The van der Waals surface area contributed by atoms with Crippen LogP contribution in [0.2, 0.25) is 0 Å². The molecule has 0 spiro atoms. The van der Waals surface area contributed by atoms with Crippen molar-refractivity contribution in [3.05, 3.63) is 37.7 Å². The molecule has 2 amide bonds. The van der Waals surface area contributed by atoms with Crippen LogP contribution in [0.4, 0.5) is 11.6 Å². The van der Waals surface area contributed by atoms with E-state index >= 15 is 0 Å². The van der Waals surface area contributed by atoms with Gasteiger partial charge in [-0.3, -0.25) is 19.0 Å². The van der Waals surface area contributed by atoms with Crippen LogP contribution < -0.4 is 30.7 Å². The fourth-order valence-electron chi connectivity index (χ4n) is 2.81. The normalized spacial score (nSPS) is 12.6. The number of hydrogen-bond donors (Lipinski definition) is 4. The number of nitriles is 1. The zero-order valence-corrected chi connectivity index (χ0v) is 21.4. The van der Waals surface area contributed by atoms with Crippen molar-refractivity contribution in [3.8, 4) is 6.07 Å². The average Bonchev–Trinajstić information content (AvgIpc) is 3.15. The van der Waals surface area contributed by atoms with E-state index in [0.717, 1.165) is 11.3 Å². The van der Waals surface area contributed by atoms with Crippen LogP contribution in [-0.2, 0) is 25.6 Å². The van der Waals surface area contributed by atoms with Gasteiger partial charge in [-0.1, -0.05) is 6.07 Å². The van der Waals surface area contributed by atoms with Gasteiger partial charge in [-0.15, -0.1) is 11.3 Å². The molecule has 0 aliphatic rings. The summed E-state index contributed by atoms with van der Waals surface area (Å²) < 4.78 is 11.8. The number of aromatic nitrogens is 2. The summed E-state index contributed by atoms with van der Waals surface area (Å²) >= 11 is 0.978. The number of anilines is 2. The molecule has 0 saturated carbocycles. The Morgan fingerprint density at radius 2 is 2.03 bits per heavy atom. The van der Waals surface area contributed by atoms with Crippen LogP contribution >= 0.6 is 11.3 Å². The van der Waals surface area contributed by atoms with E-state index in [-0.39, 0.29) is 58.4 Å². The fourth-order valence-corrected chi connectivity index (χ4v) is 3.89. The fraction of sp³-hybridized carbons (Fsp3) is 0.435. The van der Waals surface area contributed by atoms with Gasteiger partial charge in [-0.2, -0.15) is 5.26 Å². The Bertz CT molecular complexity index is 1290. The molecule has 0 unspecified atom stereocenters. The Morgan fingerprint density at radius 3 is 2.67 bits per heavy atom. The number of pyridine rings is 1. The van der Waals surface area contributed by atoms with Gasteiger partial charge >= 0.3 is 0 Å². The standard InChI is InChI=1S/C23H30N6O6S/c1-5-29-21(33)16(36-22(29)15(11-24)20(32)28-23(2,3)14-30)12-25-17-7-6-8-18(26-17)27-19(31)13-35-10-9-34-4/h6-8,12,30H,5,9-10,13-14H2,1-4H3,(H,28,32)(H2,25,26,27,31)/b16-12?,22-15-. The van der Waals surface area contributed by atoms with Crippen molar-refractivity contribution >= 4 is 46.6 Å². The lowest BCUT2D eigenvalue weighted by Crippen LogP contribution is -2.47. The van der Waals surface area contributed by atoms with E-state index in [1.54, 1.807) is 39.0 Å². The third-order valence-electron chi connectivity index (χ3n) is 4.66. The summed E-state index contributed by atoms with van der Waals surface area (Å²) in [5.41, 5.74) is -1.55. The summed E-state index contributed by atoms with van der Waals surface area (Å²) in [4.78, 5) is 41.8. The number of hydrogen-bond acceptors (Lipinski definition) is 10. The van der Waals surface area contributed by atoms with Crippen molar-refractivity contribution in [1.29, 1.82) is 5.26 Å². The molecule has 13 heteroatoms. The lowest BCUT2D eigenvalue weighted by molar-refractivity contribution is -0.121. The molecule has 194 valence electrons. The van der Waals surface area contributed by atoms with E-state index < -0.39 is 11.4 Å². The largest absolute Gasteiger partial charge is 0.394 e. The number of nitrogens with zero attached hydrogens (tertiary/aromatic N) is 3. The highest BCUT2D eigenvalue weighted by atomic mass is 32.1. The van der Waals surface area contributed by atoms with Crippen molar-refractivity contribution in [2.24, 2.45) is 0 Å². The SMILES string of the molecule is CCn1c(=O)c(=CNc2cccc(NC(=O)COCCOC)n2)s/c1=C(/C#N)C(=O)NC(C)(C)CO. The number of nitrogens with one attached hydrogen (secondary N) is 3. The molecule has 0 aliphatic heterocycles. The molecule has 4 N–H and O–H groups in total. The van der Waals surface area contributed by atoms with E-state index in [1.807, 2.05) is 6.07 Å². The Balaban J connectivity index is 2.29. The summed E-state index contributed by atoms with van der Waals surface area (Å²) in [6.45, 7) is 5.40. The summed E-state index contributed by atoms with van der Waals surface area (Å²) in [5.74, 6) is -0.418. The van der Waals surface area contributed by atoms with Crippen LogP contribution in [0.1, 0.15) is 20.8 Å². The van der Waals surface area contributed by atoms with Crippen molar-refractivity contribution in [2.45, 2.75) is 32.9 Å². The minimum absolute atomic E-state index is 0.149. The molecule has 0 atom stereocenters. The zero-order valence-electron chi connectivity index (χ0n) is 20.6. The topological polar surface area (TPSA) is 168 Å². The van der Waals surface area contributed by atoms with E-state index in [2.05, 4.69) is 20.9 Å². The molecular formula is C23H30N6O6S. The van der Waals surface area contributed by atoms with Gasteiger partial charge in [0.1, 0.15) is 33.5 Å². The number of thiazole rings is 1. The highest BCUT2D eigenvalue weighted by Gasteiger charge is 2.23. The van der Waals surface area contributed by atoms with Gasteiger partial charge in [-0.25, -0.2) is 4.98 Å². The van der Waals surface area contributed by atoms with E-state index in [9.17, 15) is 24.8 Å². The average molecular weight is 519 g/mol. The number of aliphatic hydroxyl groups is 1. The molecule has 0 aliphatic carbocycles. The second-order valence-electron chi connectivity index (χ2n) is 8.09. The number of methoxy groups -OCH3 is 1. The van der Waals surface area contributed by atoms with Crippen molar-refractivity contribution < 1.29 is 24.2 Å². The maximum atomic E-state index is 12.9. The van der Waals surface area contributed by atoms with Crippen molar-refractivity contribution in [1.82, 2.24) is 14.9 Å². The summed E-state index contributed by atoms with van der Waals surface area (Å²) in [5, 5.41) is 27.2. The Hall–Kier alpha value is -3.57. The van der Waals surface area contributed by atoms with Gasteiger partial charge in [0, 0.05) is 19.9 Å². The quantitative estimate of drug-likeness (QED) is 0.267. The molecule has 0 radical (unpaired) electrons. The molecule has 0 saturated heterocycles. The minimum atomic E-state index is -0.938. The maximum absolute atomic E-state index is 12.9. The summed E-state index contributed by atoms with van der Waals surface area (Å²) in [7, 11) is 1.54. The maximum Gasteiger partial charge on any atom is 0.270 e. The minimum Gasteiger partial charge on any atom is -0.394 e. The number of carbonyl (C=O) groups is 2. The lowest BCUT2D eigenvalue weighted by atomic mass is 10.1. The molecule has 2 aromatic heterocycles. The van der Waals surface area contributed by atoms with Gasteiger partial charge in [0.15, 0.2) is 5.57 Å². The first kappa shape index (κ1) is 28.7. The second-order valence-corrected chi connectivity index (χ2v) is 9.12. The first-order chi connectivity index (χ1) is 17.1. The molecule has 0 bridgehead atoms. The van der Waals surface area contributed by atoms with Crippen LogP contribution in [0.25, 0.3) is 11.8 Å². The van der Waals surface area contributed by atoms with Gasteiger partial charge in [0.25, 0.3) is 17.4 Å². The van der Waals surface area contributed by atoms with E-state index in [1.165, 1.54) is 17.9 Å². The van der Waals surface area contributed by atoms with Crippen LogP contribution in [0, 0.1) is 11.3 Å². The molecule has 2 aromatic rings.